The molecule has 4 N–H and O–H groups in total. The van der Waals surface area contributed by atoms with Crippen LogP contribution in [0.4, 0.5) is 14.4 Å². The molecule has 22 nitrogen and oxygen atoms in total. The minimum absolute atomic E-state index is 0.0273. The Hall–Kier alpha value is -9.15. The number of nitrogens with zero attached hydrogens (tertiary/aromatic N) is 2. The van der Waals surface area contributed by atoms with Gasteiger partial charge in [0.2, 0.25) is 11.8 Å². The van der Waals surface area contributed by atoms with Crippen molar-refractivity contribution in [1.29, 1.82) is 0 Å². The summed E-state index contributed by atoms with van der Waals surface area (Å²) < 4.78 is 38.9. The maximum Gasteiger partial charge on any atom is 0.411 e. The van der Waals surface area contributed by atoms with Crippen LogP contribution in [0, 0.1) is 17.3 Å². The number of carboxylic acids is 1. The molecule has 2 heterocycles. The van der Waals surface area contributed by atoms with E-state index in [-0.39, 0.29) is 63.2 Å². The molecule has 8 rings (SSSR count). The molecule has 5 amide bonds. The van der Waals surface area contributed by atoms with E-state index in [4.69, 9.17) is 61.5 Å². The molecule has 0 saturated heterocycles. The number of carbonyl (C=O) groups excluding carboxylic acids is 8. The Balaban J connectivity index is 0.000000273. The number of rotatable bonds is 31. The van der Waals surface area contributed by atoms with Gasteiger partial charge in [0.05, 0.1) is 31.2 Å². The fourth-order valence-electron chi connectivity index (χ4n) is 12.5. The van der Waals surface area contributed by atoms with Gasteiger partial charge >= 0.3 is 36.2 Å². The lowest BCUT2D eigenvalue weighted by molar-refractivity contribution is -0.152. The number of ether oxygens (including phenoxy) is 7. The van der Waals surface area contributed by atoms with Crippen molar-refractivity contribution in [3.8, 4) is 23.0 Å². The summed E-state index contributed by atoms with van der Waals surface area (Å²) in [5.74, 6) is -1.23. The minimum atomic E-state index is -1.25. The molecular weight excluding hydrogens is 1400 g/mol. The van der Waals surface area contributed by atoms with Gasteiger partial charge in [-0.2, -0.15) is 0 Å². The molecule has 4 unspecified atom stereocenters. The lowest BCUT2D eigenvalue weighted by atomic mass is 9.86. The predicted molar refractivity (Wildman–Crippen MR) is 407 cm³/mol. The van der Waals surface area contributed by atoms with Crippen molar-refractivity contribution in [2.75, 3.05) is 13.2 Å². The number of carbonyl (C=O) groups is 9. The van der Waals surface area contributed by atoms with Gasteiger partial charge in [0.15, 0.2) is 5.78 Å². The quantitative estimate of drug-likeness (QED) is 0.0158. The van der Waals surface area contributed by atoms with Crippen LogP contribution in [0.2, 0.25) is 10.0 Å². The molecule has 24 heteroatoms. The highest BCUT2D eigenvalue weighted by Gasteiger charge is 2.63. The zero-order chi connectivity index (χ0) is 78.3. The number of hydrogen-bond donors (Lipinski definition) is 4. The van der Waals surface area contributed by atoms with Gasteiger partial charge in [-0.05, 0) is 216 Å². The number of aliphatic carboxylic acids is 1. The van der Waals surface area contributed by atoms with Crippen molar-refractivity contribution in [2.45, 2.75) is 232 Å². The average Bonchev–Trinajstić information content (AvgIpc) is 1.56. The van der Waals surface area contributed by atoms with Crippen molar-refractivity contribution in [3.63, 3.8) is 0 Å². The molecule has 0 spiro atoms. The van der Waals surface area contributed by atoms with Crippen LogP contribution in [0.25, 0.3) is 0 Å². The Labute approximate surface area is 634 Å². The van der Waals surface area contributed by atoms with Gasteiger partial charge in [0, 0.05) is 41.8 Å². The number of hydrogen-bond acceptors (Lipinski definition) is 16. The van der Waals surface area contributed by atoms with E-state index in [9.17, 15) is 43.2 Å². The second kappa shape index (κ2) is 38.9. The Bertz CT molecular complexity index is 3800. The van der Waals surface area contributed by atoms with Crippen LogP contribution in [0.5, 0.6) is 23.0 Å². The number of esters is 2. The number of fused-ring (bicyclic) bond motifs is 2. The summed E-state index contributed by atoms with van der Waals surface area (Å²) in [4.78, 5) is 120. The molecule has 8 atom stereocenters. The molecule has 0 bridgehead atoms. The zero-order valence-electron chi connectivity index (χ0n) is 63.2. The maximum atomic E-state index is 14.4. The second-order valence-corrected chi connectivity index (χ2v) is 30.7. The van der Waals surface area contributed by atoms with Gasteiger partial charge in [-0.25, -0.2) is 24.0 Å². The average molecular weight is 1510 g/mol. The number of alkyl carbamates (subject to hydrolysis) is 2. The molecule has 576 valence electrons. The highest BCUT2D eigenvalue weighted by Crippen LogP contribution is 2.57. The van der Waals surface area contributed by atoms with Crippen molar-refractivity contribution < 1.29 is 81.4 Å². The summed E-state index contributed by atoms with van der Waals surface area (Å²) in [5, 5.41) is 18.2. The number of Topliss-reactive ketones (excluding diaryl/α,β-unsaturated/α-hetero) is 1. The van der Waals surface area contributed by atoms with E-state index in [2.05, 4.69) is 42.3 Å². The second-order valence-electron chi connectivity index (χ2n) is 29.9. The van der Waals surface area contributed by atoms with E-state index in [1.165, 1.54) is 9.80 Å². The first-order valence-corrected chi connectivity index (χ1v) is 37.1. The Kier molecular flexibility index (Phi) is 31.5. The molecule has 0 radical (unpaired) electrons. The molecule has 2 aliphatic carbocycles. The van der Waals surface area contributed by atoms with Gasteiger partial charge in [-0.15, -0.1) is 26.3 Å². The van der Waals surface area contributed by atoms with Crippen LogP contribution in [0.3, 0.4) is 0 Å². The molecule has 2 saturated carbocycles. The summed E-state index contributed by atoms with van der Waals surface area (Å²) in [6.07, 6.45) is 13.9. The van der Waals surface area contributed by atoms with Gasteiger partial charge in [-0.1, -0.05) is 97.5 Å². The van der Waals surface area contributed by atoms with Gasteiger partial charge < -0.3 is 59.1 Å². The molecule has 0 aromatic heterocycles. The number of benzene rings is 4. The summed E-state index contributed by atoms with van der Waals surface area (Å²) in [6.45, 7) is 35.0. The normalized spacial score (nSPS) is 19.6. The summed E-state index contributed by atoms with van der Waals surface area (Å²) in [6, 6.07) is 21.6. The topological polar surface area (TPSA) is 281 Å². The maximum absolute atomic E-state index is 14.4. The van der Waals surface area contributed by atoms with Crippen LogP contribution >= 0.6 is 23.2 Å². The smallest absolute Gasteiger partial charge is 0.411 e. The minimum Gasteiger partial charge on any atom is -0.480 e. The van der Waals surface area contributed by atoms with Gasteiger partial charge in [0.25, 0.3) is 0 Å². The van der Waals surface area contributed by atoms with Crippen LogP contribution < -0.4 is 25.4 Å². The van der Waals surface area contributed by atoms with E-state index in [1.807, 2.05) is 48.6 Å². The van der Waals surface area contributed by atoms with Crippen molar-refractivity contribution >= 4 is 77.0 Å². The number of halogens is 2. The van der Waals surface area contributed by atoms with Gasteiger partial charge in [0.1, 0.15) is 63.5 Å². The molecule has 106 heavy (non-hydrogen) atoms. The third-order valence-corrected chi connectivity index (χ3v) is 18.4. The number of ketones is 1. The monoisotopic (exact) mass is 1500 g/mol. The SMILES string of the molecule is C=CC1C[C@]1(CC(=O)C1Cc2cc(Oc3cccc(Cl)c3)ccc2CN1C(=O)OC(C)(C)C)C(=O)OCC.C=CCCCCCC(NC(=O)OC(C)(C)C)C(=O)O.C=CCCCCC[C@H](NC(=O)OC(C)(C)C)C(=O)N1Cc2ccc(Oc3cccc(Cl)c3)cc2CC1C(=O)N[C@]1(C(=O)OCC)C[C@H]1C=C. The van der Waals surface area contributed by atoms with Crippen molar-refractivity contribution in [3.05, 3.63) is 168 Å². The third-order valence-electron chi connectivity index (χ3n) is 17.9. The first-order valence-electron chi connectivity index (χ1n) is 36.3. The number of nitrogens with one attached hydrogen (secondary N) is 3. The molecular formula is C82H107Cl2N5O17. The summed E-state index contributed by atoms with van der Waals surface area (Å²) >= 11 is 12.2. The Morgan fingerprint density at radius 1 is 0.557 bits per heavy atom. The highest BCUT2D eigenvalue weighted by atomic mass is 35.5. The summed E-state index contributed by atoms with van der Waals surface area (Å²) in [7, 11) is 0. The molecule has 4 aromatic rings. The number of unbranched alkanes of at least 4 members (excludes halogenated alkanes) is 6. The molecule has 4 aromatic carbocycles. The molecule has 2 aliphatic heterocycles. The highest BCUT2D eigenvalue weighted by molar-refractivity contribution is 6.31. The Morgan fingerprint density at radius 3 is 1.46 bits per heavy atom. The van der Waals surface area contributed by atoms with Crippen LogP contribution in [-0.4, -0.2) is 128 Å². The first kappa shape index (κ1) is 85.8. The van der Waals surface area contributed by atoms with E-state index >= 15 is 0 Å². The number of carboxylic acid groups (broad SMARTS) is 1. The van der Waals surface area contributed by atoms with E-state index in [0.717, 1.165) is 67.2 Å². The van der Waals surface area contributed by atoms with Crippen LogP contribution in [-0.2, 0) is 78.4 Å². The Morgan fingerprint density at radius 2 is 1.02 bits per heavy atom. The van der Waals surface area contributed by atoms with Crippen molar-refractivity contribution in [1.82, 2.24) is 25.8 Å². The summed E-state index contributed by atoms with van der Waals surface area (Å²) in [5.41, 5.74) is -0.871. The fraction of sp³-hybridized carbons (Fsp3) is 0.500. The lowest BCUT2D eigenvalue weighted by Gasteiger charge is -2.39. The van der Waals surface area contributed by atoms with Crippen LogP contribution in [0.1, 0.15) is 182 Å². The van der Waals surface area contributed by atoms with E-state index < -0.39 is 99.9 Å². The van der Waals surface area contributed by atoms with Gasteiger partial charge in [-0.3, -0.25) is 24.1 Å². The van der Waals surface area contributed by atoms with Crippen LogP contribution in [0.15, 0.2) is 136 Å². The fourth-order valence-corrected chi connectivity index (χ4v) is 12.9. The number of amides is 5. The van der Waals surface area contributed by atoms with E-state index in [0.29, 0.717) is 65.1 Å². The third kappa shape index (κ3) is 25.8. The molecule has 4 aliphatic rings. The van der Waals surface area contributed by atoms with E-state index in [1.54, 1.807) is 137 Å². The molecule has 2 fully saturated rings. The zero-order valence-corrected chi connectivity index (χ0v) is 64.8. The standard InChI is InChI=1S/C38H48ClN3O7.C30H34ClNO6.C14H25NO4/c1-7-10-11-12-13-17-31(40-36(46)49-37(4,5)6)34(44)42-24-25-18-19-30(48-29-16-14-15-28(39)22-29)20-26(25)21-32(42)33(43)41-38(23-27(38)8-2)35(45)47-9-3;1-6-21-16-30(21,27(34)36-7-2)17-26(33)25-14-20-13-24(37-23-10-8-9-22(31)15-23)12-11-19(20)18-32(25)28(35)38-29(3,4)5;1-5-6-7-8-9-10-11(12(16)17)15-13(18)19-14(2,3)4/h7-8,14-16,18-20,22,27,31-32H,1-2,9-13,17,21,23-24H2,3-6H3,(H,40,46)(H,41,43);6,8-13,15,21,25H,1,7,14,16-18H2,2-5H3;5,11H,1,6-10H2,2-4H3,(H,15,18)(H,16,17)/t27-,31+,32?,38-;21?,25?,30-;/m11./s1. The lowest BCUT2D eigenvalue weighted by Crippen LogP contribution is -2.60. The first-order chi connectivity index (χ1) is 50.0. The predicted octanol–water partition coefficient (Wildman–Crippen LogP) is 16.6. The number of allylic oxidation sites excluding steroid dienone is 3. The van der Waals surface area contributed by atoms with Crippen molar-refractivity contribution in [2.24, 2.45) is 17.3 Å². The largest absolute Gasteiger partial charge is 0.480 e.